The van der Waals surface area contributed by atoms with Gasteiger partial charge in [-0.2, -0.15) is 0 Å². The molecule has 0 radical (unpaired) electrons. The van der Waals surface area contributed by atoms with Crippen LogP contribution in [0.3, 0.4) is 0 Å². The van der Waals surface area contributed by atoms with Gasteiger partial charge in [-0.25, -0.2) is 0 Å². The molecular formula is C17H24N2O2. The van der Waals surface area contributed by atoms with Crippen molar-refractivity contribution in [1.82, 2.24) is 9.47 Å². The van der Waals surface area contributed by atoms with Crippen molar-refractivity contribution < 1.29 is 4.79 Å². The molecule has 0 spiro atoms. The highest BCUT2D eigenvalue weighted by Gasteiger charge is 2.36. The zero-order valence-electron chi connectivity index (χ0n) is 12.5. The molecule has 1 aromatic heterocycles. The van der Waals surface area contributed by atoms with Gasteiger partial charge in [0.1, 0.15) is 5.78 Å². The number of Topliss-reactive ketones (excluding diaryl/α,β-unsaturated/α-hetero) is 1. The van der Waals surface area contributed by atoms with E-state index in [1.54, 1.807) is 16.7 Å². The minimum absolute atomic E-state index is 0.0574. The average molecular weight is 288 g/mol. The van der Waals surface area contributed by atoms with E-state index in [1.807, 2.05) is 12.3 Å². The molecule has 1 aromatic rings. The maximum Gasteiger partial charge on any atom is 0.250 e. The number of pyridine rings is 1. The number of likely N-dealkylation sites (tertiary alicyclic amines) is 1. The molecule has 2 aliphatic rings. The second kappa shape index (κ2) is 6.56. The van der Waals surface area contributed by atoms with Crippen molar-refractivity contribution >= 4 is 5.78 Å². The van der Waals surface area contributed by atoms with Gasteiger partial charge >= 0.3 is 0 Å². The van der Waals surface area contributed by atoms with Crippen LogP contribution in [0.4, 0.5) is 0 Å². The van der Waals surface area contributed by atoms with E-state index in [1.165, 1.54) is 12.8 Å². The molecule has 0 bridgehead atoms. The van der Waals surface area contributed by atoms with E-state index < -0.39 is 0 Å². The molecule has 4 heteroatoms. The summed E-state index contributed by atoms with van der Waals surface area (Å²) in [6.07, 6.45) is 8.26. The highest BCUT2D eigenvalue weighted by atomic mass is 16.1. The van der Waals surface area contributed by atoms with Crippen LogP contribution in [0.1, 0.15) is 38.5 Å². The van der Waals surface area contributed by atoms with Gasteiger partial charge in [0.15, 0.2) is 0 Å². The molecule has 0 N–H and O–H groups in total. The molecule has 2 heterocycles. The van der Waals surface area contributed by atoms with Crippen LogP contribution in [0, 0.1) is 5.92 Å². The van der Waals surface area contributed by atoms with Gasteiger partial charge in [-0.15, -0.1) is 0 Å². The Kier molecular flexibility index (Phi) is 4.54. The third kappa shape index (κ3) is 3.26. The van der Waals surface area contributed by atoms with Crippen molar-refractivity contribution in [1.29, 1.82) is 0 Å². The van der Waals surface area contributed by atoms with Gasteiger partial charge in [0.05, 0.1) is 0 Å². The number of hydrogen-bond donors (Lipinski definition) is 0. The topological polar surface area (TPSA) is 42.3 Å². The van der Waals surface area contributed by atoms with Crippen LogP contribution in [-0.4, -0.2) is 34.4 Å². The third-order valence-corrected chi connectivity index (χ3v) is 5.01. The Hall–Kier alpha value is -1.42. The van der Waals surface area contributed by atoms with Crippen LogP contribution in [0.25, 0.3) is 0 Å². The number of carbonyl (C=O) groups is 1. The second-order valence-electron chi connectivity index (χ2n) is 6.30. The monoisotopic (exact) mass is 288 g/mol. The van der Waals surface area contributed by atoms with Gasteiger partial charge in [-0.3, -0.25) is 14.5 Å². The second-order valence-corrected chi connectivity index (χ2v) is 6.30. The fourth-order valence-corrected chi connectivity index (χ4v) is 3.88. The third-order valence-electron chi connectivity index (χ3n) is 5.01. The van der Waals surface area contributed by atoms with E-state index in [-0.39, 0.29) is 11.5 Å². The molecule has 0 amide bonds. The lowest BCUT2D eigenvalue weighted by Gasteiger charge is -2.33. The lowest BCUT2D eigenvalue weighted by atomic mass is 9.82. The van der Waals surface area contributed by atoms with E-state index in [0.29, 0.717) is 11.8 Å². The first kappa shape index (κ1) is 14.5. The maximum atomic E-state index is 12.2. The van der Waals surface area contributed by atoms with Crippen LogP contribution in [0.15, 0.2) is 29.2 Å². The van der Waals surface area contributed by atoms with Crippen molar-refractivity contribution in [2.75, 3.05) is 13.1 Å². The van der Waals surface area contributed by atoms with Crippen LogP contribution in [0.2, 0.25) is 0 Å². The molecule has 3 rings (SSSR count). The minimum atomic E-state index is 0.0574. The predicted molar refractivity (Wildman–Crippen MR) is 82.3 cm³/mol. The normalized spacial score (nSPS) is 27.1. The summed E-state index contributed by atoms with van der Waals surface area (Å²) >= 11 is 0. The molecule has 114 valence electrons. The molecule has 1 aliphatic heterocycles. The molecule has 2 atom stereocenters. The van der Waals surface area contributed by atoms with Crippen LogP contribution >= 0.6 is 0 Å². The Morgan fingerprint density at radius 3 is 2.76 bits per heavy atom. The Morgan fingerprint density at radius 1 is 1.05 bits per heavy atom. The van der Waals surface area contributed by atoms with E-state index >= 15 is 0 Å². The molecule has 21 heavy (non-hydrogen) atoms. The fraction of sp³-hybridized carbons (Fsp3) is 0.647. The SMILES string of the molecule is O=C1CCCCC1C1CCCN1CCn1ccccc1=O. The van der Waals surface area contributed by atoms with Crippen LogP contribution in [0.5, 0.6) is 0 Å². The fourth-order valence-electron chi connectivity index (χ4n) is 3.88. The first-order valence-electron chi connectivity index (χ1n) is 8.18. The zero-order chi connectivity index (χ0) is 14.7. The van der Waals surface area contributed by atoms with Gasteiger partial charge < -0.3 is 4.57 Å². The highest BCUT2D eigenvalue weighted by Crippen LogP contribution is 2.32. The average Bonchev–Trinajstić information content (AvgIpc) is 2.95. The quantitative estimate of drug-likeness (QED) is 0.852. The van der Waals surface area contributed by atoms with Crippen molar-refractivity contribution in [3.63, 3.8) is 0 Å². The van der Waals surface area contributed by atoms with Gasteiger partial charge in [0, 0.05) is 43.7 Å². The van der Waals surface area contributed by atoms with Crippen molar-refractivity contribution in [3.8, 4) is 0 Å². The zero-order valence-corrected chi connectivity index (χ0v) is 12.5. The van der Waals surface area contributed by atoms with E-state index in [9.17, 15) is 9.59 Å². The van der Waals surface area contributed by atoms with Gasteiger partial charge in [-0.1, -0.05) is 12.5 Å². The largest absolute Gasteiger partial charge is 0.314 e. The molecular weight excluding hydrogens is 264 g/mol. The van der Waals surface area contributed by atoms with Gasteiger partial charge in [0.25, 0.3) is 5.56 Å². The minimum Gasteiger partial charge on any atom is -0.314 e. The number of aromatic nitrogens is 1. The summed E-state index contributed by atoms with van der Waals surface area (Å²) in [7, 11) is 0. The summed E-state index contributed by atoms with van der Waals surface area (Å²) in [4.78, 5) is 26.4. The summed E-state index contributed by atoms with van der Waals surface area (Å²) in [5.41, 5.74) is 0.0574. The van der Waals surface area contributed by atoms with Crippen molar-refractivity contribution in [2.45, 2.75) is 51.1 Å². The molecule has 0 aromatic carbocycles. The van der Waals surface area contributed by atoms with Crippen LogP contribution < -0.4 is 5.56 Å². The lowest BCUT2D eigenvalue weighted by molar-refractivity contribution is -0.126. The molecule has 2 fully saturated rings. The summed E-state index contributed by atoms with van der Waals surface area (Å²) in [6.45, 7) is 2.66. The summed E-state index contributed by atoms with van der Waals surface area (Å²) in [5.74, 6) is 0.712. The van der Waals surface area contributed by atoms with Crippen molar-refractivity contribution in [3.05, 3.63) is 34.7 Å². The number of hydrogen-bond acceptors (Lipinski definition) is 3. The van der Waals surface area contributed by atoms with E-state index in [2.05, 4.69) is 4.90 Å². The van der Waals surface area contributed by atoms with Gasteiger partial charge in [0.2, 0.25) is 0 Å². The molecule has 1 aliphatic carbocycles. The Bertz CT molecular complexity index is 552. The Labute approximate surface area is 125 Å². The van der Waals surface area contributed by atoms with E-state index in [4.69, 9.17) is 0 Å². The molecule has 4 nitrogen and oxygen atoms in total. The van der Waals surface area contributed by atoms with Crippen LogP contribution in [-0.2, 0) is 11.3 Å². The molecule has 1 saturated carbocycles. The smallest absolute Gasteiger partial charge is 0.250 e. The molecule has 2 unspecified atom stereocenters. The number of rotatable bonds is 4. The lowest BCUT2D eigenvalue weighted by Crippen LogP contribution is -2.42. The first-order chi connectivity index (χ1) is 10.3. The highest BCUT2D eigenvalue weighted by molar-refractivity contribution is 5.82. The summed E-state index contributed by atoms with van der Waals surface area (Å²) in [6, 6.07) is 5.69. The Morgan fingerprint density at radius 2 is 1.95 bits per heavy atom. The standard InChI is InChI=1S/C17H24N2O2/c20-16-8-2-1-6-14(16)15-7-5-11-18(15)12-13-19-10-4-3-9-17(19)21/h3-4,9-10,14-15H,1-2,5-8,11-13H2. The molecule has 1 saturated heterocycles. The number of ketones is 1. The Balaban J connectivity index is 1.63. The van der Waals surface area contributed by atoms with Crippen molar-refractivity contribution in [2.24, 2.45) is 5.92 Å². The summed E-state index contributed by atoms with van der Waals surface area (Å²) in [5, 5.41) is 0. The predicted octanol–water partition coefficient (Wildman–Crippen LogP) is 2.07. The number of nitrogens with zero attached hydrogens (tertiary/aromatic N) is 2. The first-order valence-corrected chi connectivity index (χ1v) is 8.18. The van der Waals surface area contributed by atoms with E-state index in [0.717, 1.165) is 45.3 Å². The van der Waals surface area contributed by atoms with Gasteiger partial charge in [-0.05, 0) is 38.3 Å². The maximum absolute atomic E-state index is 12.2. The summed E-state index contributed by atoms with van der Waals surface area (Å²) < 4.78 is 1.76. The number of carbonyl (C=O) groups excluding carboxylic acids is 1.